The molecule has 2 heterocycles. The topological polar surface area (TPSA) is 64.7 Å². The molecule has 6 nitrogen and oxygen atoms in total. The number of halogens is 1. The fourth-order valence-electron chi connectivity index (χ4n) is 3.62. The van der Waals surface area contributed by atoms with E-state index in [-0.39, 0.29) is 11.7 Å². The number of carbonyl (C=O) groups excluding carboxylic acids is 1. The molecule has 33 heavy (non-hydrogen) atoms. The summed E-state index contributed by atoms with van der Waals surface area (Å²) in [5.41, 5.74) is 3.55. The maximum atomic E-state index is 13.4. The summed E-state index contributed by atoms with van der Waals surface area (Å²) >= 11 is 1.55. The first kappa shape index (κ1) is 21.0. The molecule has 5 rings (SSSR count). The second kappa shape index (κ2) is 8.55. The fraction of sp³-hybridized carbons (Fsp3) is 0.0800. The number of nitrogens with one attached hydrogen (secondary N) is 1. The van der Waals surface area contributed by atoms with Gasteiger partial charge in [0, 0.05) is 41.3 Å². The molecule has 0 aliphatic carbocycles. The van der Waals surface area contributed by atoms with Crippen molar-refractivity contribution in [2.75, 3.05) is 5.32 Å². The van der Waals surface area contributed by atoms with Gasteiger partial charge in [-0.3, -0.25) is 9.36 Å². The van der Waals surface area contributed by atoms with E-state index in [1.807, 2.05) is 59.6 Å². The molecule has 164 valence electrons. The van der Waals surface area contributed by atoms with Crippen molar-refractivity contribution in [1.29, 1.82) is 0 Å². The number of imidazole rings is 2. The van der Waals surface area contributed by atoms with E-state index in [0.29, 0.717) is 11.3 Å². The van der Waals surface area contributed by atoms with Crippen LogP contribution in [0.4, 0.5) is 10.1 Å². The molecule has 0 spiro atoms. The van der Waals surface area contributed by atoms with E-state index in [1.54, 1.807) is 42.2 Å². The van der Waals surface area contributed by atoms with Crippen LogP contribution in [0.1, 0.15) is 16.2 Å². The second-order valence-electron chi connectivity index (χ2n) is 7.58. The number of anilines is 1. The standard InChI is InChI=1S/C25H20FN5OS/c1-16-28-22-12-3-17(15-23(22)31(16)20-8-4-18(26)5-9-20)24(32)29-19-6-10-21(11-7-19)33-25-27-13-14-30(25)2/h3-15H,1-2H3,(H,29,32). The van der Waals surface area contributed by atoms with Crippen LogP contribution in [-0.2, 0) is 7.05 Å². The van der Waals surface area contributed by atoms with Crippen molar-refractivity contribution in [1.82, 2.24) is 19.1 Å². The lowest BCUT2D eigenvalue weighted by Gasteiger charge is -2.09. The Kier molecular flexibility index (Phi) is 5.43. The smallest absolute Gasteiger partial charge is 0.255 e. The summed E-state index contributed by atoms with van der Waals surface area (Å²) in [6.45, 7) is 1.88. The Morgan fingerprint density at radius 2 is 1.79 bits per heavy atom. The minimum absolute atomic E-state index is 0.217. The van der Waals surface area contributed by atoms with Crippen LogP contribution in [0.15, 0.2) is 89.2 Å². The Morgan fingerprint density at radius 1 is 1.03 bits per heavy atom. The van der Waals surface area contributed by atoms with Gasteiger partial charge in [0.15, 0.2) is 5.16 Å². The van der Waals surface area contributed by atoms with E-state index in [0.717, 1.165) is 32.6 Å². The van der Waals surface area contributed by atoms with Gasteiger partial charge in [-0.2, -0.15) is 0 Å². The third-order valence-corrected chi connectivity index (χ3v) is 6.35. The molecular weight excluding hydrogens is 437 g/mol. The Bertz CT molecular complexity index is 1450. The number of amides is 1. The van der Waals surface area contributed by atoms with E-state index in [9.17, 15) is 9.18 Å². The minimum Gasteiger partial charge on any atom is -0.329 e. The van der Waals surface area contributed by atoms with Crippen LogP contribution < -0.4 is 5.32 Å². The minimum atomic E-state index is -0.301. The zero-order valence-electron chi connectivity index (χ0n) is 18.0. The normalized spacial score (nSPS) is 11.1. The quantitative estimate of drug-likeness (QED) is 0.373. The molecule has 0 bridgehead atoms. The van der Waals surface area contributed by atoms with Gasteiger partial charge in [0.25, 0.3) is 5.91 Å². The Morgan fingerprint density at radius 3 is 2.48 bits per heavy atom. The van der Waals surface area contributed by atoms with Gasteiger partial charge in [0.2, 0.25) is 0 Å². The maximum Gasteiger partial charge on any atom is 0.255 e. The van der Waals surface area contributed by atoms with Crippen LogP contribution >= 0.6 is 11.8 Å². The predicted octanol–water partition coefficient (Wildman–Crippen LogP) is 5.61. The van der Waals surface area contributed by atoms with Gasteiger partial charge in [-0.15, -0.1) is 0 Å². The third kappa shape index (κ3) is 4.25. The number of aryl methyl sites for hydroxylation is 2. The van der Waals surface area contributed by atoms with E-state index < -0.39 is 0 Å². The zero-order valence-corrected chi connectivity index (χ0v) is 18.8. The molecule has 0 radical (unpaired) electrons. The number of carbonyl (C=O) groups is 1. The van der Waals surface area contributed by atoms with Crippen LogP contribution in [0, 0.1) is 12.7 Å². The first-order chi connectivity index (χ1) is 16.0. The SMILES string of the molecule is Cc1nc2ccc(C(=O)Nc3ccc(Sc4nccn4C)cc3)cc2n1-c1ccc(F)cc1. The van der Waals surface area contributed by atoms with Gasteiger partial charge in [-0.1, -0.05) is 11.8 Å². The van der Waals surface area contributed by atoms with Crippen LogP contribution in [0.5, 0.6) is 0 Å². The largest absolute Gasteiger partial charge is 0.329 e. The summed E-state index contributed by atoms with van der Waals surface area (Å²) in [5.74, 6) is 0.242. The second-order valence-corrected chi connectivity index (χ2v) is 8.62. The molecule has 0 unspecified atom stereocenters. The summed E-state index contributed by atoms with van der Waals surface area (Å²) in [6.07, 6.45) is 3.66. The van der Waals surface area contributed by atoms with Crippen molar-refractivity contribution in [3.8, 4) is 5.69 Å². The number of rotatable bonds is 5. The maximum absolute atomic E-state index is 13.4. The highest BCUT2D eigenvalue weighted by atomic mass is 32.2. The molecule has 0 aliphatic heterocycles. The van der Waals surface area contributed by atoms with Gasteiger partial charge >= 0.3 is 0 Å². The highest BCUT2D eigenvalue weighted by molar-refractivity contribution is 7.99. The number of hydrogen-bond acceptors (Lipinski definition) is 4. The highest BCUT2D eigenvalue weighted by Gasteiger charge is 2.14. The lowest BCUT2D eigenvalue weighted by atomic mass is 10.1. The fourth-order valence-corrected chi connectivity index (χ4v) is 4.42. The first-order valence-electron chi connectivity index (χ1n) is 10.3. The Hall–Kier alpha value is -3.91. The van der Waals surface area contributed by atoms with Crippen LogP contribution in [0.2, 0.25) is 0 Å². The number of aromatic nitrogens is 4. The zero-order chi connectivity index (χ0) is 22.9. The summed E-state index contributed by atoms with van der Waals surface area (Å²) < 4.78 is 17.2. The predicted molar refractivity (Wildman–Crippen MR) is 127 cm³/mol. The van der Waals surface area contributed by atoms with E-state index >= 15 is 0 Å². The van der Waals surface area contributed by atoms with E-state index in [2.05, 4.69) is 15.3 Å². The van der Waals surface area contributed by atoms with Crippen LogP contribution in [-0.4, -0.2) is 25.0 Å². The number of nitrogens with zero attached hydrogens (tertiary/aromatic N) is 4. The molecule has 0 aliphatic rings. The molecule has 8 heteroatoms. The van der Waals surface area contributed by atoms with Gasteiger partial charge in [0.1, 0.15) is 11.6 Å². The molecule has 0 saturated heterocycles. The van der Waals surface area contributed by atoms with E-state index in [4.69, 9.17) is 0 Å². The molecule has 2 aromatic heterocycles. The molecular formula is C25H20FN5OS. The lowest BCUT2D eigenvalue weighted by Crippen LogP contribution is -2.12. The number of hydrogen-bond donors (Lipinski definition) is 1. The Balaban J connectivity index is 1.38. The molecule has 5 aromatic rings. The Labute approximate surface area is 194 Å². The van der Waals surface area contributed by atoms with Crippen molar-refractivity contribution in [2.24, 2.45) is 7.05 Å². The van der Waals surface area contributed by atoms with Crippen LogP contribution in [0.25, 0.3) is 16.7 Å². The summed E-state index contributed by atoms with van der Waals surface area (Å²) in [4.78, 5) is 22.8. The van der Waals surface area contributed by atoms with Crippen molar-refractivity contribution < 1.29 is 9.18 Å². The van der Waals surface area contributed by atoms with Crippen molar-refractivity contribution in [3.63, 3.8) is 0 Å². The van der Waals surface area contributed by atoms with Gasteiger partial charge < -0.3 is 9.88 Å². The number of fused-ring (bicyclic) bond motifs is 1. The molecule has 0 fully saturated rings. The van der Waals surface area contributed by atoms with Crippen molar-refractivity contribution in [3.05, 3.63) is 96.3 Å². The lowest BCUT2D eigenvalue weighted by molar-refractivity contribution is 0.102. The first-order valence-corrected chi connectivity index (χ1v) is 11.1. The van der Waals surface area contributed by atoms with Crippen molar-refractivity contribution >= 4 is 34.4 Å². The average Bonchev–Trinajstić information content (AvgIpc) is 3.37. The van der Waals surface area contributed by atoms with Crippen molar-refractivity contribution in [2.45, 2.75) is 17.0 Å². The molecule has 1 amide bonds. The molecule has 0 saturated carbocycles. The molecule has 3 aromatic carbocycles. The number of benzene rings is 3. The average molecular weight is 458 g/mol. The summed E-state index contributed by atoms with van der Waals surface area (Å²) in [6, 6.07) is 19.2. The summed E-state index contributed by atoms with van der Waals surface area (Å²) in [5, 5.41) is 3.84. The van der Waals surface area contributed by atoms with Gasteiger partial charge in [0.05, 0.1) is 11.0 Å². The molecule has 0 atom stereocenters. The van der Waals surface area contributed by atoms with Crippen LogP contribution in [0.3, 0.4) is 0 Å². The third-order valence-electron chi connectivity index (χ3n) is 5.27. The van der Waals surface area contributed by atoms with Gasteiger partial charge in [-0.25, -0.2) is 14.4 Å². The summed E-state index contributed by atoms with van der Waals surface area (Å²) in [7, 11) is 1.95. The van der Waals surface area contributed by atoms with E-state index in [1.165, 1.54) is 12.1 Å². The monoisotopic (exact) mass is 457 g/mol. The highest BCUT2D eigenvalue weighted by Crippen LogP contribution is 2.27. The van der Waals surface area contributed by atoms with Gasteiger partial charge in [-0.05, 0) is 73.7 Å². The molecule has 1 N–H and O–H groups in total.